The number of imidazole rings is 1. The van der Waals surface area contributed by atoms with Crippen molar-refractivity contribution in [1.29, 1.82) is 0 Å². The van der Waals surface area contributed by atoms with Gasteiger partial charge in [-0.1, -0.05) is 25.5 Å². The maximum atomic E-state index is 11.9. The van der Waals surface area contributed by atoms with Gasteiger partial charge in [0.1, 0.15) is 5.82 Å². The van der Waals surface area contributed by atoms with Crippen molar-refractivity contribution in [1.82, 2.24) is 19.2 Å². The van der Waals surface area contributed by atoms with Crippen molar-refractivity contribution < 1.29 is 8.42 Å². The molecule has 0 saturated carbocycles. The number of aromatic nitrogens is 2. The minimum atomic E-state index is -3.18. The van der Waals surface area contributed by atoms with Crippen LogP contribution in [0.4, 0.5) is 0 Å². The highest BCUT2D eigenvalue weighted by atomic mass is 32.2. The Labute approximate surface area is 144 Å². The summed E-state index contributed by atoms with van der Waals surface area (Å²) in [4.78, 5) is 6.81. The molecule has 0 bridgehead atoms. The van der Waals surface area contributed by atoms with Gasteiger partial charge in [-0.25, -0.2) is 18.1 Å². The summed E-state index contributed by atoms with van der Waals surface area (Å²) in [6.45, 7) is 4.13. The molecule has 0 aliphatic carbocycles. The monoisotopic (exact) mass is 352 g/mol. The Balaban J connectivity index is 2.08. The molecule has 24 heavy (non-hydrogen) atoms. The molecule has 2 rings (SSSR count). The number of fused-ring (bicyclic) bond motifs is 1. The van der Waals surface area contributed by atoms with E-state index >= 15 is 0 Å². The summed E-state index contributed by atoms with van der Waals surface area (Å²) < 4.78 is 28.7. The summed E-state index contributed by atoms with van der Waals surface area (Å²) in [7, 11) is 0.907. The smallest absolute Gasteiger partial charge is 0.211 e. The molecule has 0 fully saturated rings. The van der Waals surface area contributed by atoms with E-state index in [4.69, 9.17) is 0 Å². The van der Waals surface area contributed by atoms with Crippen LogP contribution < -0.4 is 4.72 Å². The van der Waals surface area contributed by atoms with E-state index in [1.165, 1.54) is 0 Å². The fraction of sp³-hybridized carbons (Fsp3) is 0.588. The van der Waals surface area contributed by atoms with E-state index in [0.29, 0.717) is 19.4 Å². The van der Waals surface area contributed by atoms with Crippen molar-refractivity contribution in [2.75, 3.05) is 32.9 Å². The molecule has 0 aliphatic heterocycles. The fourth-order valence-corrected chi connectivity index (χ4v) is 3.82. The van der Waals surface area contributed by atoms with Gasteiger partial charge in [0, 0.05) is 26.1 Å². The lowest BCUT2D eigenvalue weighted by Gasteiger charge is -2.13. The average molecular weight is 353 g/mol. The minimum Gasteiger partial charge on any atom is -0.327 e. The molecule has 0 atom stereocenters. The number of hydrogen-bond acceptors (Lipinski definition) is 4. The summed E-state index contributed by atoms with van der Waals surface area (Å²) >= 11 is 0. The standard InChI is InChI=1S/C17H28N4O2S/c1-4-5-14-24(22,23)18-11-10-17-19-15-8-6-7-9-16(15)21(17)13-12-20(2)3/h6-9,18H,4-5,10-14H2,1-3H3. The van der Waals surface area contributed by atoms with E-state index in [1.54, 1.807) is 0 Å². The first-order valence-electron chi connectivity index (χ1n) is 8.49. The molecule has 6 nitrogen and oxygen atoms in total. The van der Waals surface area contributed by atoms with Crippen molar-refractivity contribution >= 4 is 21.1 Å². The van der Waals surface area contributed by atoms with E-state index in [2.05, 4.69) is 25.2 Å². The Hall–Kier alpha value is -1.44. The Morgan fingerprint density at radius 3 is 2.71 bits per heavy atom. The molecule has 1 aromatic heterocycles. The maximum Gasteiger partial charge on any atom is 0.211 e. The normalized spacial score (nSPS) is 12.3. The average Bonchev–Trinajstić information content (AvgIpc) is 2.88. The van der Waals surface area contributed by atoms with Gasteiger partial charge in [-0.05, 0) is 32.6 Å². The van der Waals surface area contributed by atoms with Crippen molar-refractivity contribution in [3.63, 3.8) is 0 Å². The predicted octanol–water partition coefficient (Wildman–Crippen LogP) is 1.86. The summed E-state index contributed by atoms with van der Waals surface area (Å²) in [6, 6.07) is 8.04. The van der Waals surface area contributed by atoms with Crippen LogP contribution >= 0.6 is 0 Å². The molecule has 1 N–H and O–H groups in total. The number of likely N-dealkylation sites (N-methyl/N-ethyl adjacent to an activating group) is 1. The van der Waals surface area contributed by atoms with Gasteiger partial charge in [-0.3, -0.25) is 0 Å². The molecular weight excluding hydrogens is 324 g/mol. The number of hydrogen-bond donors (Lipinski definition) is 1. The van der Waals surface area contributed by atoms with E-state index in [-0.39, 0.29) is 5.75 Å². The van der Waals surface area contributed by atoms with Gasteiger partial charge in [0.2, 0.25) is 10.0 Å². The number of nitrogens with one attached hydrogen (secondary N) is 1. The quantitative estimate of drug-likeness (QED) is 0.709. The second-order valence-corrected chi connectivity index (χ2v) is 8.21. The molecule has 7 heteroatoms. The van der Waals surface area contributed by atoms with Gasteiger partial charge in [0.25, 0.3) is 0 Å². The Kier molecular flexibility index (Phi) is 6.77. The first-order valence-corrected chi connectivity index (χ1v) is 10.1. The van der Waals surface area contributed by atoms with Crippen LogP contribution in [-0.4, -0.2) is 55.8 Å². The zero-order chi connectivity index (χ0) is 17.6. The topological polar surface area (TPSA) is 67.2 Å². The third-order valence-corrected chi connectivity index (χ3v) is 5.41. The molecular formula is C17H28N4O2S. The lowest BCUT2D eigenvalue weighted by atomic mass is 10.3. The molecule has 0 unspecified atom stereocenters. The number of rotatable bonds is 10. The van der Waals surface area contributed by atoms with Crippen LogP contribution in [0.15, 0.2) is 24.3 Å². The third-order valence-electron chi connectivity index (χ3n) is 3.94. The zero-order valence-electron chi connectivity index (χ0n) is 14.8. The largest absolute Gasteiger partial charge is 0.327 e. The number of nitrogens with zero attached hydrogens (tertiary/aromatic N) is 3. The second-order valence-electron chi connectivity index (χ2n) is 6.29. The number of sulfonamides is 1. The zero-order valence-corrected chi connectivity index (χ0v) is 15.6. The molecule has 2 aromatic rings. The summed E-state index contributed by atoms with van der Waals surface area (Å²) in [5.41, 5.74) is 2.06. The Bertz CT molecular complexity index is 753. The number of para-hydroxylation sites is 2. The van der Waals surface area contributed by atoms with Crippen LogP contribution in [0, 0.1) is 0 Å². The fourth-order valence-electron chi connectivity index (χ4n) is 2.59. The van der Waals surface area contributed by atoms with Crippen LogP contribution in [0.3, 0.4) is 0 Å². The summed E-state index contributed by atoms with van der Waals surface area (Å²) in [5.74, 6) is 1.12. The molecule has 0 aliphatic rings. The van der Waals surface area contributed by atoms with Gasteiger partial charge < -0.3 is 9.47 Å². The minimum absolute atomic E-state index is 0.195. The van der Waals surface area contributed by atoms with Gasteiger partial charge >= 0.3 is 0 Å². The molecule has 0 saturated heterocycles. The number of benzene rings is 1. The van der Waals surface area contributed by atoms with E-state index < -0.39 is 10.0 Å². The van der Waals surface area contributed by atoms with Gasteiger partial charge in [-0.2, -0.15) is 0 Å². The lowest BCUT2D eigenvalue weighted by Crippen LogP contribution is -2.29. The van der Waals surface area contributed by atoms with Crippen molar-refractivity contribution in [3.8, 4) is 0 Å². The molecule has 1 aromatic carbocycles. The first kappa shape index (κ1) is 18.9. The van der Waals surface area contributed by atoms with Crippen LogP contribution in [0.1, 0.15) is 25.6 Å². The Morgan fingerprint density at radius 1 is 1.25 bits per heavy atom. The van der Waals surface area contributed by atoms with Gasteiger partial charge in [-0.15, -0.1) is 0 Å². The van der Waals surface area contributed by atoms with E-state index in [0.717, 1.165) is 36.4 Å². The highest BCUT2D eigenvalue weighted by Gasteiger charge is 2.13. The van der Waals surface area contributed by atoms with Crippen LogP contribution in [0.5, 0.6) is 0 Å². The van der Waals surface area contributed by atoms with E-state index in [9.17, 15) is 8.42 Å². The predicted molar refractivity (Wildman–Crippen MR) is 98.7 cm³/mol. The van der Waals surface area contributed by atoms with Crippen LogP contribution in [0.25, 0.3) is 11.0 Å². The first-order chi connectivity index (χ1) is 11.4. The van der Waals surface area contributed by atoms with Gasteiger partial charge in [0.05, 0.1) is 16.8 Å². The van der Waals surface area contributed by atoms with Crippen molar-refractivity contribution in [2.24, 2.45) is 0 Å². The maximum absolute atomic E-state index is 11.9. The van der Waals surface area contributed by atoms with Crippen LogP contribution in [0.2, 0.25) is 0 Å². The SMILES string of the molecule is CCCCS(=O)(=O)NCCc1nc2ccccc2n1CCN(C)C. The van der Waals surface area contributed by atoms with Crippen molar-refractivity contribution in [3.05, 3.63) is 30.1 Å². The van der Waals surface area contributed by atoms with Crippen molar-refractivity contribution in [2.45, 2.75) is 32.7 Å². The molecule has 0 radical (unpaired) electrons. The highest BCUT2D eigenvalue weighted by molar-refractivity contribution is 7.89. The molecule has 1 heterocycles. The molecule has 134 valence electrons. The number of unbranched alkanes of at least 4 members (excludes halogenated alkanes) is 1. The van der Waals surface area contributed by atoms with Crippen LogP contribution in [-0.2, 0) is 23.0 Å². The molecule has 0 amide bonds. The summed E-state index contributed by atoms with van der Waals surface area (Å²) in [6.07, 6.45) is 2.16. The van der Waals surface area contributed by atoms with E-state index in [1.807, 2.05) is 39.2 Å². The lowest BCUT2D eigenvalue weighted by molar-refractivity contribution is 0.383. The second kappa shape index (κ2) is 8.60. The molecule has 0 spiro atoms. The van der Waals surface area contributed by atoms with Gasteiger partial charge in [0.15, 0.2) is 0 Å². The Morgan fingerprint density at radius 2 is 2.00 bits per heavy atom. The highest BCUT2D eigenvalue weighted by Crippen LogP contribution is 2.16. The third kappa shape index (κ3) is 5.29. The summed E-state index contributed by atoms with van der Waals surface area (Å²) in [5, 5.41) is 0.